The number of carboxylic acid groups (broad SMARTS) is 2. The Kier molecular flexibility index (Phi) is 17.1. The van der Waals surface area contributed by atoms with E-state index < -0.39 is 11.9 Å². The molecule has 9 nitrogen and oxygen atoms in total. The summed E-state index contributed by atoms with van der Waals surface area (Å²) in [5.74, 6) is -2.62. The highest BCUT2D eigenvalue weighted by Crippen LogP contribution is 2.36. The summed E-state index contributed by atoms with van der Waals surface area (Å²) in [4.78, 5) is 26.0. The lowest BCUT2D eigenvalue weighted by Crippen LogP contribution is -2.09. The van der Waals surface area contributed by atoms with Crippen molar-refractivity contribution >= 4 is 99.6 Å². The molecule has 0 radical (unpaired) electrons. The van der Waals surface area contributed by atoms with Gasteiger partial charge in [0.25, 0.3) is 0 Å². The molecule has 0 aliphatic heterocycles. The van der Waals surface area contributed by atoms with Gasteiger partial charge in [0.2, 0.25) is 0 Å². The van der Waals surface area contributed by atoms with Crippen molar-refractivity contribution in [3.8, 4) is 24.3 Å². The third-order valence-corrected chi connectivity index (χ3v) is 13.1. The van der Waals surface area contributed by atoms with Crippen LogP contribution in [-0.2, 0) is 9.59 Å². The van der Waals surface area contributed by atoms with E-state index in [9.17, 15) is 35.6 Å². The van der Waals surface area contributed by atoms with Gasteiger partial charge < -0.3 is 15.1 Å². The molecule has 0 fully saturated rings. The van der Waals surface area contributed by atoms with Gasteiger partial charge in [0.15, 0.2) is 0 Å². The number of carboxylic acids is 2. The summed E-state index contributed by atoms with van der Waals surface area (Å²) in [7, 11) is 0. The third-order valence-electron chi connectivity index (χ3n) is 12.1. The predicted molar refractivity (Wildman–Crippen MR) is 310 cm³/mol. The second-order valence-corrected chi connectivity index (χ2v) is 18.5. The van der Waals surface area contributed by atoms with Crippen molar-refractivity contribution in [3.05, 3.63) is 277 Å². The van der Waals surface area contributed by atoms with E-state index in [0.29, 0.717) is 32.0 Å². The van der Waals surface area contributed by atoms with Crippen molar-refractivity contribution in [2.75, 3.05) is 4.90 Å². The maximum Gasteiger partial charge on any atom is 0.346 e. The van der Waals surface area contributed by atoms with Crippen LogP contribution >= 0.6 is 11.3 Å². The molecule has 368 valence electrons. The van der Waals surface area contributed by atoms with Gasteiger partial charge in [0.05, 0.1) is 17.2 Å². The van der Waals surface area contributed by atoms with Crippen LogP contribution in [0.2, 0.25) is 0 Å². The van der Waals surface area contributed by atoms with Crippen LogP contribution in [0.15, 0.2) is 217 Å². The van der Waals surface area contributed by atoms with E-state index in [-0.39, 0.29) is 11.1 Å². The van der Waals surface area contributed by atoms with Gasteiger partial charge in [-0.05, 0) is 141 Å². The molecule has 2 N–H and O–H groups in total. The average molecular weight is 1020 g/mol. The molecule has 8 rings (SSSR count). The van der Waals surface area contributed by atoms with Gasteiger partial charge in [0, 0.05) is 26.8 Å². The number of thiophene rings is 1. The topological polar surface area (TPSA) is 173 Å². The van der Waals surface area contributed by atoms with Gasteiger partial charge in [-0.2, -0.15) is 21.0 Å². The van der Waals surface area contributed by atoms with E-state index in [0.717, 1.165) is 67.2 Å². The molecular weight excluding hydrogens is 971 g/mol. The number of rotatable bonds is 17. The quantitative estimate of drug-likeness (QED) is 0.0389. The molecule has 0 unspecified atom stereocenters. The van der Waals surface area contributed by atoms with Gasteiger partial charge in [-0.25, -0.2) is 9.59 Å². The molecule has 7 aromatic carbocycles. The number of carbonyl (C=O) groups is 2. The van der Waals surface area contributed by atoms with Crippen LogP contribution in [0, 0.1) is 45.3 Å². The zero-order chi connectivity index (χ0) is 54.1. The van der Waals surface area contributed by atoms with Crippen molar-refractivity contribution in [2.24, 2.45) is 0 Å². The molecule has 8 aromatic rings. The van der Waals surface area contributed by atoms with E-state index in [1.807, 2.05) is 72.8 Å². The smallest absolute Gasteiger partial charge is 0.346 e. The fourth-order valence-corrected chi connectivity index (χ4v) is 9.13. The molecule has 10 heteroatoms. The first-order valence-corrected chi connectivity index (χ1v) is 24.9. The summed E-state index contributed by atoms with van der Waals surface area (Å²) in [6.07, 6.45) is 14.6. The Bertz CT molecular complexity index is 3810. The summed E-state index contributed by atoms with van der Waals surface area (Å²) >= 11 is 1.23. The van der Waals surface area contributed by atoms with E-state index in [4.69, 9.17) is 5.26 Å². The molecule has 0 atom stereocenters. The summed E-state index contributed by atoms with van der Waals surface area (Å²) in [6, 6.07) is 71.2. The number of allylic oxidation sites excluding steroid dienone is 4. The summed E-state index contributed by atoms with van der Waals surface area (Å²) in [5.41, 5.74) is 13.1. The molecule has 77 heavy (non-hydrogen) atoms. The zero-order valence-corrected chi connectivity index (χ0v) is 42.3. The van der Waals surface area contributed by atoms with Crippen LogP contribution in [-0.4, -0.2) is 22.2 Å². The summed E-state index contributed by atoms with van der Waals surface area (Å²) < 4.78 is 0. The molecule has 0 saturated heterocycles. The molecule has 1 heterocycles. The minimum atomic E-state index is -1.31. The molecule has 1 aromatic heterocycles. The Morgan fingerprint density at radius 2 is 0.831 bits per heavy atom. The molecule has 0 amide bonds. The van der Waals surface area contributed by atoms with Crippen LogP contribution in [0.3, 0.4) is 0 Å². The highest BCUT2D eigenvalue weighted by Gasteiger charge is 2.15. The van der Waals surface area contributed by atoms with Crippen molar-refractivity contribution in [3.63, 3.8) is 0 Å². The molecule has 0 aliphatic carbocycles. The largest absolute Gasteiger partial charge is 0.477 e. The zero-order valence-electron chi connectivity index (χ0n) is 41.4. The lowest BCUT2D eigenvalue weighted by Gasteiger charge is -2.26. The number of nitriles is 4. The minimum absolute atomic E-state index is 0.377. The van der Waals surface area contributed by atoms with Crippen molar-refractivity contribution in [1.29, 1.82) is 21.0 Å². The van der Waals surface area contributed by atoms with E-state index in [1.165, 1.54) is 23.5 Å². The lowest BCUT2D eigenvalue weighted by atomic mass is 9.95. The van der Waals surface area contributed by atoms with Crippen molar-refractivity contribution in [1.82, 2.24) is 0 Å². The first-order valence-electron chi connectivity index (χ1n) is 24.0. The van der Waals surface area contributed by atoms with E-state index >= 15 is 0 Å². The number of hydrogen-bond donors (Lipinski definition) is 2. The normalized spacial score (nSPS) is 11.9. The van der Waals surface area contributed by atoms with Gasteiger partial charge >= 0.3 is 11.9 Å². The van der Waals surface area contributed by atoms with Gasteiger partial charge in [-0.3, -0.25) is 0 Å². The predicted octanol–water partition coefficient (Wildman–Crippen LogP) is 16.0. The second kappa shape index (κ2) is 25.2. The Morgan fingerprint density at radius 1 is 0.429 bits per heavy atom. The highest BCUT2D eigenvalue weighted by molar-refractivity contribution is 7.14. The fraction of sp³-hybridized carbons (Fsp3) is 0.0149. The summed E-state index contributed by atoms with van der Waals surface area (Å²) in [6.45, 7) is 2.11. The van der Waals surface area contributed by atoms with Crippen molar-refractivity contribution in [2.45, 2.75) is 6.92 Å². The molecule has 0 spiro atoms. The first-order chi connectivity index (χ1) is 37.5. The first kappa shape index (κ1) is 52.4. The fourth-order valence-electron chi connectivity index (χ4n) is 8.22. The van der Waals surface area contributed by atoms with Crippen molar-refractivity contribution < 1.29 is 19.8 Å². The Balaban J connectivity index is 1.05. The summed E-state index contributed by atoms with van der Waals surface area (Å²) in [5, 5.41) is 56.9. The maximum absolute atomic E-state index is 11.4. The number of nitrogens with zero attached hydrogens (tertiary/aromatic N) is 5. The second-order valence-electron chi connectivity index (χ2n) is 17.4. The molecular formula is C67H45N5O4S. The van der Waals surface area contributed by atoms with Gasteiger partial charge in [-0.1, -0.05) is 170 Å². The molecule has 0 saturated carbocycles. The monoisotopic (exact) mass is 1020 g/mol. The highest BCUT2D eigenvalue weighted by atomic mass is 32.1. The van der Waals surface area contributed by atoms with E-state index in [2.05, 4.69) is 133 Å². The van der Waals surface area contributed by atoms with Gasteiger partial charge in [0.1, 0.15) is 29.4 Å². The lowest BCUT2D eigenvalue weighted by molar-refractivity contribution is -0.133. The third kappa shape index (κ3) is 13.8. The minimum Gasteiger partial charge on any atom is -0.477 e. The maximum atomic E-state index is 11.4. The Morgan fingerprint density at radius 3 is 1.30 bits per heavy atom. The Labute approximate surface area is 451 Å². The van der Waals surface area contributed by atoms with Crippen LogP contribution in [0.5, 0.6) is 0 Å². The number of aliphatic carboxylic acids is 2. The van der Waals surface area contributed by atoms with Crippen LogP contribution in [0.4, 0.5) is 17.1 Å². The standard InChI is InChI=1S/C67H45N5O4S/c1-46(37-64(54-8-4-2-5-9-54)55-10-6-3-7-11-55)36-49-22-30-61(31-23-49)72(62-32-24-52(25-33-62)39-57(43-69)65-35-34-63(77-65)41-59(45-71)67(75)76)60-28-20-48(21-29-60)13-12-47-14-16-50(17-15-47)38-56(42-68)53-26-18-51(19-27-53)40-58(44-70)66(73)74/h2-41H,1H3,(H,73,74)(H,75,76)/b13-12+,46-36+,56-38+,57-39+,58-40+,59-41+. The Hall–Kier alpha value is -10.9. The van der Waals surface area contributed by atoms with E-state index in [1.54, 1.807) is 60.7 Å². The van der Waals surface area contributed by atoms with Crippen LogP contribution in [0.1, 0.15) is 66.7 Å². The number of hydrogen-bond acceptors (Lipinski definition) is 8. The average Bonchev–Trinajstić information content (AvgIpc) is 3.94. The number of anilines is 3. The van der Waals surface area contributed by atoms with Crippen LogP contribution in [0.25, 0.3) is 59.3 Å². The molecule has 0 aliphatic rings. The number of benzene rings is 7. The van der Waals surface area contributed by atoms with Gasteiger partial charge in [-0.15, -0.1) is 11.3 Å². The SMILES string of the molecule is C/C(C=C(c1ccccc1)c1ccccc1)=C\c1ccc(N(c2ccc(/C=C/c3ccc(/C=C(\C#N)c4ccc(/C=C(\C#N)C(=O)O)cc4)cc3)cc2)c2ccc(/C=C(\C#N)c3ccc(/C=C(\C#N)C(=O)O)s3)cc2)cc1. The molecule has 0 bridgehead atoms. The van der Waals surface area contributed by atoms with Crippen LogP contribution < -0.4 is 4.90 Å².